The first-order chi connectivity index (χ1) is 9.22. The molecule has 0 spiro atoms. The SMILES string of the molecule is Cc1ccc2oc(C(O)CC3CCCCO3)cc2c1. The maximum atomic E-state index is 10.3. The van der Waals surface area contributed by atoms with Gasteiger partial charge in [0, 0.05) is 18.4 Å². The fourth-order valence-electron chi connectivity index (χ4n) is 2.71. The third-order valence-corrected chi connectivity index (χ3v) is 3.78. The van der Waals surface area contributed by atoms with E-state index in [0.717, 1.165) is 30.4 Å². The summed E-state index contributed by atoms with van der Waals surface area (Å²) in [5, 5.41) is 11.3. The average Bonchev–Trinajstić information content (AvgIpc) is 2.83. The summed E-state index contributed by atoms with van der Waals surface area (Å²) in [6.07, 6.45) is 3.58. The molecule has 1 fully saturated rings. The number of furan rings is 1. The Morgan fingerprint density at radius 3 is 3.00 bits per heavy atom. The summed E-state index contributed by atoms with van der Waals surface area (Å²) < 4.78 is 11.4. The van der Waals surface area contributed by atoms with E-state index in [9.17, 15) is 5.11 Å². The molecule has 2 unspecified atom stereocenters. The third-order valence-electron chi connectivity index (χ3n) is 3.78. The van der Waals surface area contributed by atoms with Gasteiger partial charge in [0.15, 0.2) is 0 Å². The Bertz CT molecular complexity index is 552. The van der Waals surface area contributed by atoms with E-state index in [2.05, 4.69) is 13.0 Å². The van der Waals surface area contributed by atoms with E-state index in [0.29, 0.717) is 12.2 Å². The molecular weight excluding hydrogens is 240 g/mol. The molecule has 2 atom stereocenters. The molecule has 1 saturated heterocycles. The first kappa shape index (κ1) is 12.7. The average molecular weight is 260 g/mol. The van der Waals surface area contributed by atoms with Gasteiger partial charge in [-0.15, -0.1) is 0 Å². The molecular formula is C16H20O3. The third kappa shape index (κ3) is 2.82. The number of fused-ring (bicyclic) bond motifs is 1. The van der Waals surface area contributed by atoms with Crippen molar-refractivity contribution in [1.29, 1.82) is 0 Å². The molecule has 0 bridgehead atoms. The van der Waals surface area contributed by atoms with Gasteiger partial charge in [-0.25, -0.2) is 0 Å². The largest absolute Gasteiger partial charge is 0.458 e. The number of aliphatic hydroxyl groups excluding tert-OH is 1. The van der Waals surface area contributed by atoms with E-state index in [4.69, 9.17) is 9.15 Å². The minimum Gasteiger partial charge on any atom is -0.458 e. The Balaban J connectivity index is 1.75. The Kier molecular flexibility index (Phi) is 3.58. The minimum absolute atomic E-state index is 0.165. The summed E-state index contributed by atoms with van der Waals surface area (Å²) in [5.41, 5.74) is 2.04. The molecule has 1 aromatic heterocycles. The minimum atomic E-state index is -0.573. The van der Waals surface area contributed by atoms with E-state index in [1.165, 1.54) is 12.0 Å². The number of hydrogen-bond acceptors (Lipinski definition) is 3. The lowest BCUT2D eigenvalue weighted by Gasteiger charge is -2.23. The van der Waals surface area contributed by atoms with Gasteiger partial charge in [0.25, 0.3) is 0 Å². The molecule has 1 aliphatic rings. The van der Waals surface area contributed by atoms with Crippen molar-refractivity contribution in [2.45, 2.75) is 44.8 Å². The lowest BCUT2D eigenvalue weighted by atomic mass is 10.0. The van der Waals surface area contributed by atoms with Gasteiger partial charge < -0.3 is 14.3 Å². The summed E-state index contributed by atoms with van der Waals surface area (Å²) in [7, 11) is 0. The highest BCUT2D eigenvalue weighted by molar-refractivity contribution is 5.78. The maximum Gasteiger partial charge on any atom is 0.134 e. The van der Waals surface area contributed by atoms with Crippen LogP contribution in [0.25, 0.3) is 11.0 Å². The van der Waals surface area contributed by atoms with Crippen LogP contribution < -0.4 is 0 Å². The second-order valence-electron chi connectivity index (χ2n) is 5.43. The van der Waals surface area contributed by atoms with Crippen LogP contribution in [0.1, 0.15) is 43.1 Å². The predicted octanol–water partition coefficient (Wildman–Crippen LogP) is 3.73. The van der Waals surface area contributed by atoms with Gasteiger partial charge in [0.2, 0.25) is 0 Å². The molecule has 1 N–H and O–H groups in total. The molecule has 0 saturated carbocycles. The highest BCUT2D eigenvalue weighted by Crippen LogP contribution is 2.29. The maximum absolute atomic E-state index is 10.3. The van der Waals surface area contributed by atoms with E-state index in [1.54, 1.807) is 0 Å². The molecule has 2 aromatic rings. The van der Waals surface area contributed by atoms with Crippen molar-refractivity contribution in [2.24, 2.45) is 0 Å². The highest BCUT2D eigenvalue weighted by atomic mass is 16.5. The lowest BCUT2D eigenvalue weighted by molar-refractivity contribution is -0.0191. The smallest absolute Gasteiger partial charge is 0.134 e. The van der Waals surface area contributed by atoms with E-state index < -0.39 is 6.10 Å². The Morgan fingerprint density at radius 2 is 2.21 bits per heavy atom. The van der Waals surface area contributed by atoms with Crippen LogP contribution in [0, 0.1) is 6.92 Å². The summed E-state index contributed by atoms with van der Waals surface area (Å²) in [6, 6.07) is 7.99. The number of hydrogen-bond donors (Lipinski definition) is 1. The lowest BCUT2D eigenvalue weighted by Crippen LogP contribution is -2.21. The monoisotopic (exact) mass is 260 g/mol. The van der Waals surface area contributed by atoms with Crippen LogP contribution in [0.15, 0.2) is 28.7 Å². The van der Waals surface area contributed by atoms with Crippen LogP contribution in [0.3, 0.4) is 0 Å². The molecule has 3 nitrogen and oxygen atoms in total. The highest BCUT2D eigenvalue weighted by Gasteiger charge is 2.21. The Labute approximate surface area is 113 Å². The van der Waals surface area contributed by atoms with Gasteiger partial charge in [-0.3, -0.25) is 0 Å². The van der Waals surface area contributed by atoms with Gasteiger partial charge in [-0.1, -0.05) is 11.6 Å². The molecule has 0 amide bonds. The molecule has 1 aliphatic heterocycles. The standard InChI is InChI=1S/C16H20O3/c1-11-5-6-15-12(8-11)9-16(19-15)14(17)10-13-4-2-3-7-18-13/h5-6,8-9,13-14,17H,2-4,7,10H2,1H3. The summed E-state index contributed by atoms with van der Waals surface area (Å²) in [6.45, 7) is 2.87. The van der Waals surface area contributed by atoms with E-state index >= 15 is 0 Å². The molecule has 1 aromatic carbocycles. The predicted molar refractivity (Wildman–Crippen MR) is 74.1 cm³/mol. The number of benzene rings is 1. The van der Waals surface area contributed by atoms with Crippen LogP contribution in [0.4, 0.5) is 0 Å². The van der Waals surface area contributed by atoms with Gasteiger partial charge in [-0.05, 0) is 44.4 Å². The fourth-order valence-corrected chi connectivity index (χ4v) is 2.71. The molecule has 3 rings (SSSR count). The zero-order chi connectivity index (χ0) is 13.2. The molecule has 2 heterocycles. The molecule has 102 valence electrons. The van der Waals surface area contributed by atoms with Crippen molar-refractivity contribution in [3.05, 3.63) is 35.6 Å². The molecule has 0 radical (unpaired) electrons. The first-order valence-electron chi connectivity index (χ1n) is 7.02. The molecule has 0 aliphatic carbocycles. The normalized spacial score (nSPS) is 21.7. The molecule has 19 heavy (non-hydrogen) atoms. The van der Waals surface area contributed by atoms with Crippen molar-refractivity contribution in [3.8, 4) is 0 Å². The second kappa shape index (κ2) is 5.35. The van der Waals surface area contributed by atoms with Crippen molar-refractivity contribution in [3.63, 3.8) is 0 Å². The van der Waals surface area contributed by atoms with Crippen molar-refractivity contribution in [2.75, 3.05) is 6.61 Å². The van der Waals surface area contributed by atoms with E-state index in [1.807, 2.05) is 18.2 Å². The number of ether oxygens (including phenoxy) is 1. The summed E-state index contributed by atoms with van der Waals surface area (Å²) in [5.74, 6) is 0.648. The Morgan fingerprint density at radius 1 is 1.32 bits per heavy atom. The number of rotatable bonds is 3. The van der Waals surface area contributed by atoms with Crippen LogP contribution in [-0.4, -0.2) is 17.8 Å². The van der Waals surface area contributed by atoms with Crippen LogP contribution >= 0.6 is 0 Å². The van der Waals surface area contributed by atoms with Gasteiger partial charge in [-0.2, -0.15) is 0 Å². The van der Waals surface area contributed by atoms with Crippen molar-refractivity contribution in [1.82, 2.24) is 0 Å². The van der Waals surface area contributed by atoms with Gasteiger partial charge in [0.05, 0.1) is 6.10 Å². The first-order valence-corrected chi connectivity index (χ1v) is 7.02. The van der Waals surface area contributed by atoms with Crippen molar-refractivity contribution < 1.29 is 14.3 Å². The van der Waals surface area contributed by atoms with Crippen LogP contribution in [0.5, 0.6) is 0 Å². The number of aliphatic hydroxyl groups is 1. The molecule has 3 heteroatoms. The van der Waals surface area contributed by atoms with Gasteiger partial charge in [0.1, 0.15) is 17.4 Å². The van der Waals surface area contributed by atoms with Crippen LogP contribution in [-0.2, 0) is 4.74 Å². The second-order valence-corrected chi connectivity index (χ2v) is 5.43. The zero-order valence-corrected chi connectivity index (χ0v) is 11.3. The topological polar surface area (TPSA) is 42.6 Å². The van der Waals surface area contributed by atoms with E-state index in [-0.39, 0.29) is 6.10 Å². The summed E-state index contributed by atoms with van der Waals surface area (Å²) in [4.78, 5) is 0. The quantitative estimate of drug-likeness (QED) is 0.914. The fraction of sp³-hybridized carbons (Fsp3) is 0.500. The van der Waals surface area contributed by atoms with Gasteiger partial charge >= 0.3 is 0 Å². The summed E-state index contributed by atoms with van der Waals surface area (Å²) >= 11 is 0. The van der Waals surface area contributed by atoms with Crippen LogP contribution in [0.2, 0.25) is 0 Å². The van der Waals surface area contributed by atoms with Crippen molar-refractivity contribution >= 4 is 11.0 Å². The zero-order valence-electron chi connectivity index (χ0n) is 11.3. The number of aryl methyl sites for hydroxylation is 1. The Hall–Kier alpha value is -1.32.